The number of aromatic hydroxyl groups is 3. The van der Waals surface area contributed by atoms with Crippen LogP contribution < -0.4 is 0 Å². The highest BCUT2D eigenvalue weighted by Gasteiger charge is 2.19. The highest BCUT2D eigenvalue weighted by atomic mass is 16.5. The van der Waals surface area contributed by atoms with Crippen LogP contribution in [0.1, 0.15) is 21.5 Å². The van der Waals surface area contributed by atoms with E-state index in [0.717, 1.165) is 7.11 Å². The van der Waals surface area contributed by atoms with E-state index in [9.17, 15) is 20.1 Å². The summed E-state index contributed by atoms with van der Waals surface area (Å²) in [7, 11) is 1.16. The first kappa shape index (κ1) is 14.3. The lowest BCUT2D eigenvalue weighted by Gasteiger charge is -2.07. The van der Waals surface area contributed by atoms with Gasteiger partial charge in [0.2, 0.25) is 0 Å². The molecular weight excluding hydrogens is 272 g/mol. The molecule has 3 N–H and O–H groups in total. The predicted molar refractivity (Wildman–Crippen MR) is 75.2 cm³/mol. The number of phenolic OH excluding ortho intramolecular Hbond substituents is 3. The largest absolute Gasteiger partial charge is 0.507 e. The van der Waals surface area contributed by atoms with Gasteiger partial charge in [-0.3, -0.25) is 0 Å². The molecule has 0 amide bonds. The minimum atomic E-state index is -0.815. The van der Waals surface area contributed by atoms with Gasteiger partial charge in [0.25, 0.3) is 0 Å². The first-order valence-corrected chi connectivity index (χ1v) is 5.98. The summed E-state index contributed by atoms with van der Waals surface area (Å²) in [5.74, 6) is 3.76. The van der Waals surface area contributed by atoms with E-state index in [-0.39, 0.29) is 28.4 Å². The minimum absolute atomic E-state index is 0.0238. The molecule has 2 aromatic carbocycles. The fourth-order valence-electron chi connectivity index (χ4n) is 1.73. The summed E-state index contributed by atoms with van der Waals surface area (Å²) in [5.41, 5.74) is 0.0431. The molecule has 0 unspecified atom stereocenters. The minimum Gasteiger partial charge on any atom is -0.507 e. The lowest BCUT2D eigenvalue weighted by atomic mass is 10.0. The van der Waals surface area contributed by atoms with Gasteiger partial charge in [0.05, 0.1) is 18.2 Å². The summed E-state index contributed by atoms with van der Waals surface area (Å²) in [4.78, 5) is 11.7. The number of benzene rings is 2. The zero-order valence-electron chi connectivity index (χ0n) is 11.1. The van der Waals surface area contributed by atoms with E-state index in [1.807, 2.05) is 0 Å². The maximum Gasteiger partial charge on any atom is 0.343 e. The molecule has 0 saturated carbocycles. The lowest BCUT2D eigenvalue weighted by molar-refractivity contribution is 0.0596. The van der Waals surface area contributed by atoms with Crippen molar-refractivity contribution in [3.63, 3.8) is 0 Å². The summed E-state index contributed by atoms with van der Waals surface area (Å²) in [5, 5.41) is 29.2. The summed E-state index contributed by atoms with van der Waals surface area (Å²) in [6, 6.07) is 8.77. The number of hydrogen-bond acceptors (Lipinski definition) is 5. The number of ether oxygens (including phenoxy) is 1. The van der Waals surface area contributed by atoms with E-state index >= 15 is 0 Å². The molecule has 2 aromatic rings. The van der Waals surface area contributed by atoms with Gasteiger partial charge in [0.15, 0.2) is 0 Å². The average Bonchev–Trinajstić information content (AvgIpc) is 2.48. The average molecular weight is 284 g/mol. The van der Waals surface area contributed by atoms with Crippen LogP contribution in [0, 0.1) is 11.8 Å². The molecule has 21 heavy (non-hydrogen) atoms. The molecule has 0 fully saturated rings. The molecule has 0 spiro atoms. The monoisotopic (exact) mass is 284 g/mol. The summed E-state index contributed by atoms with van der Waals surface area (Å²) in [6.07, 6.45) is 0. The maximum absolute atomic E-state index is 11.7. The Morgan fingerprint density at radius 3 is 2.29 bits per heavy atom. The highest BCUT2D eigenvalue weighted by Crippen LogP contribution is 2.29. The molecule has 0 atom stereocenters. The van der Waals surface area contributed by atoms with Crippen LogP contribution in [0.25, 0.3) is 0 Å². The standard InChI is InChI=1S/C16H12O5/c1-21-16(20)15-11(13(18)8-9-14(15)19)7-6-10-4-2-3-5-12(10)17/h2-5,8-9,17-19H,1H3. The van der Waals surface area contributed by atoms with E-state index in [4.69, 9.17) is 0 Å². The van der Waals surface area contributed by atoms with Gasteiger partial charge in [-0.1, -0.05) is 24.0 Å². The normalized spacial score (nSPS) is 9.57. The number of carbonyl (C=O) groups excluding carboxylic acids is 1. The van der Waals surface area contributed by atoms with Crippen molar-refractivity contribution < 1.29 is 24.9 Å². The first-order chi connectivity index (χ1) is 10.0. The Labute approximate surface area is 121 Å². The van der Waals surface area contributed by atoms with Crippen molar-refractivity contribution in [3.8, 4) is 29.1 Å². The number of methoxy groups -OCH3 is 1. The molecule has 106 valence electrons. The third-order valence-electron chi connectivity index (χ3n) is 2.78. The molecule has 0 saturated heterocycles. The van der Waals surface area contributed by atoms with Gasteiger partial charge < -0.3 is 20.1 Å². The van der Waals surface area contributed by atoms with Crippen molar-refractivity contribution in [1.29, 1.82) is 0 Å². The smallest absolute Gasteiger partial charge is 0.343 e. The van der Waals surface area contributed by atoms with Crippen molar-refractivity contribution >= 4 is 5.97 Å². The lowest BCUT2D eigenvalue weighted by Crippen LogP contribution is -2.04. The van der Waals surface area contributed by atoms with Crippen LogP contribution in [0.2, 0.25) is 0 Å². The summed E-state index contributed by atoms with van der Waals surface area (Å²) >= 11 is 0. The van der Waals surface area contributed by atoms with Crippen molar-refractivity contribution in [2.45, 2.75) is 0 Å². The van der Waals surface area contributed by atoms with Crippen LogP contribution in [0.3, 0.4) is 0 Å². The molecule has 0 aromatic heterocycles. The Morgan fingerprint density at radius 1 is 0.952 bits per heavy atom. The Balaban J connectivity index is 2.58. The molecule has 0 heterocycles. The van der Waals surface area contributed by atoms with Crippen LogP contribution >= 0.6 is 0 Å². The van der Waals surface area contributed by atoms with Gasteiger partial charge in [-0.15, -0.1) is 0 Å². The Bertz CT molecular complexity index is 753. The fourth-order valence-corrected chi connectivity index (χ4v) is 1.73. The second-order valence-electron chi connectivity index (χ2n) is 4.11. The number of phenols is 3. The molecule has 5 nitrogen and oxygen atoms in total. The van der Waals surface area contributed by atoms with E-state index in [1.165, 1.54) is 18.2 Å². The van der Waals surface area contributed by atoms with Crippen LogP contribution in [-0.2, 0) is 4.74 Å². The number of rotatable bonds is 1. The van der Waals surface area contributed by atoms with Gasteiger partial charge in [0, 0.05) is 0 Å². The fraction of sp³-hybridized carbons (Fsp3) is 0.0625. The third kappa shape index (κ3) is 2.90. The van der Waals surface area contributed by atoms with E-state index in [2.05, 4.69) is 16.6 Å². The van der Waals surface area contributed by atoms with E-state index < -0.39 is 5.97 Å². The Kier molecular flexibility index (Phi) is 4.00. The Morgan fingerprint density at radius 2 is 1.62 bits per heavy atom. The van der Waals surface area contributed by atoms with Crippen molar-refractivity contribution in [1.82, 2.24) is 0 Å². The van der Waals surface area contributed by atoms with Crippen molar-refractivity contribution in [3.05, 3.63) is 53.1 Å². The molecule has 0 aliphatic heterocycles. The third-order valence-corrected chi connectivity index (χ3v) is 2.78. The molecule has 0 aliphatic rings. The number of esters is 1. The number of carbonyl (C=O) groups is 1. The second-order valence-corrected chi connectivity index (χ2v) is 4.11. The van der Waals surface area contributed by atoms with Crippen LogP contribution in [0.5, 0.6) is 17.2 Å². The van der Waals surface area contributed by atoms with Crippen LogP contribution in [0.15, 0.2) is 36.4 Å². The van der Waals surface area contributed by atoms with Crippen molar-refractivity contribution in [2.75, 3.05) is 7.11 Å². The van der Waals surface area contributed by atoms with E-state index in [1.54, 1.807) is 18.2 Å². The number of hydrogen-bond donors (Lipinski definition) is 3. The second kappa shape index (κ2) is 5.88. The first-order valence-electron chi connectivity index (χ1n) is 5.98. The molecular formula is C16H12O5. The van der Waals surface area contributed by atoms with E-state index in [0.29, 0.717) is 5.56 Å². The SMILES string of the molecule is COC(=O)c1c(O)ccc(O)c1C#Cc1ccccc1O. The summed E-state index contributed by atoms with van der Waals surface area (Å²) < 4.78 is 4.56. The zero-order valence-corrected chi connectivity index (χ0v) is 11.1. The topological polar surface area (TPSA) is 87.0 Å². The summed E-state index contributed by atoms with van der Waals surface area (Å²) in [6.45, 7) is 0. The van der Waals surface area contributed by atoms with Gasteiger partial charge >= 0.3 is 5.97 Å². The van der Waals surface area contributed by atoms with Crippen LogP contribution in [0.4, 0.5) is 0 Å². The van der Waals surface area contributed by atoms with Gasteiger partial charge in [0.1, 0.15) is 22.8 Å². The van der Waals surface area contributed by atoms with Gasteiger partial charge in [-0.25, -0.2) is 4.79 Å². The van der Waals surface area contributed by atoms with Gasteiger partial charge in [-0.05, 0) is 24.3 Å². The van der Waals surface area contributed by atoms with Crippen LogP contribution in [-0.4, -0.2) is 28.4 Å². The molecule has 5 heteroatoms. The number of para-hydroxylation sites is 1. The Hall–Kier alpha value is -3.13. The van der Waals surface area contributed by atoms with Crippen molar-refractivity contribution in [2.24, 2.45) is 0 Å². The predicted octanol–water partition coefficient (Wildman–Crippen LogP) is 1.99. The van der Waals surface area contributed by atoms with Gasteiger partial charge in [-0.2, -0.15) is 0 Å². The molecule has 0 aliphatic carbocycles. The molecule has 0 bridgehead atoms. The molecule has 2 rings (SSSR count). The highest BCUT2D eigenvalue weighted by molar-refractivity contribution is 5.96. The molecule has 0 radical (unpaired) electrons. The zero-order chi connectivity index (χ0) is 15.4. The quantitative estimate of drug-likeness (QED) is 0.423. The maximum atomic E-state index is 11.7.